The van der Waals surface area contributed by atoms with Crippen molar-refractivity contribution in [2.24, 2.45) is 0 Å². The SMILES string of the molecule is CC(=O)OCc1nc(C(=O)N2CCOCC2)c(O)c2ccc(Oc3ccccc3)cc12. The van der Waals surface area contributed by atoms with Crippen LogP contribution in [0.2, 0.25) is 0 Å². The third-order valence-corrected chi connectivity index (χ3v) is 4.92. The highest BCUT2D eigenvalue weighted by molar-refractivity contribution is 6.02. The maximum Gasteiger partial charge on any atom is 0.303 e. The van der Waals surface area contributed by atoms with Gasteiger partial charge in [0, 0.05) is 30.8 Å². The van der Waals surface area contributed by atoms with Crippen molar-refractivity contribution in [1.82, 2.24) is 9.88 Å². The molecule has 1 fully saturated rings. The Morgan fingerprint density at radius 1 is 1.06 bits per heavy atom. The minimum absolute atomic E-state index is 0.0757. The Bertz CT molecular complexity index is 1110. The van der Waals surface area contributed by atoms with Gasteiger partial charge in [-0.25, -0.2) is 4.98 Å². The molecule has 1 amide bonds. The van der Waals surface area contributed by atoms with Crippen molar-refractivity contribution >= 4 is 22.6 Å². The smallest absolute Gasteiger partial charge is 0.303 e. The molecule has 0 radical (unpaired) electrons. The number of hydrogen-bond acceptors (Lipinski definition) is 7. The molecule has 0 bridgehead atoms. The number of aromatic hydroxyl groups is 1. The lowest BCUT2D eigenvalue weighted by atomic mass is 10.1. The Kier molecular flexibility index (Phi) is 5.99. The molecule has 8 heteroatoms. The van der Waals surface area contributed by atoms with E-state index in [0.29, 0.717) is 54.3 Å². The molecule has 0 saturated carbocycles. The maximum absolute atomic E-state index is 13.0. The number of carbonyl (C=O) groups is 2. The molecule has 8 nitrogen and oxygen atoms in total. The molecule has 2 heterocycles. The van der Waals surface area contributed by atoms with Crippen LogP contribution in [0.3, 0.4) is 0 Å². The number of benzene rings is 2. The van der Waals surface area contributed by atoms with Gasteiger partial charge in [0.25, 0.3) is 5.91 Å². The number of pyridine rings is 1. The maximum atomic E-state index is 13.0. The van der Waals surface area contributed by atoms with Crippen molar-refractivity contribution in [3.8, 4) is 17.2 Å². The second-order valence-electron chi connectivity index (χ2n) is 7.06. The summed E-state index contributed by atoms with van der Waals surface area (Å²) in [5, 5.41) is 11.8. The molecule has 1 N–H and O–H groups in total. The van der Waals surface area contributed by atoms with Gasteiger partial charge >= 0.3 is 5.97 Å². The first-order valence-corrected chi connectivity index (χ1v) is 9.92. The van der Waals surface area contributed by atoms with E-state index in [-0.39, 0.29) is 18.1 Å². The Balaban J connectivity index is 1.76. The highest BCUT2D eigenvalue weighted by atomic mass is 16.5. The number of fused-ring (bicyclic) bond motifs is 1. The van der Waals surface area contributed by atoms with Gasteiger partial charge in [-0.3, -0.25) is 9.59 Å². The summed E-state index contributed by atoms with van der Waals surface area (Å²) in [6.45, 7) is 2.86. The number of hydrogen-bond donors (Lipinski definition) is 1. The van der Waals surface area contributed by atoms with E-state index in [2.05, 4.69) is 4.98 Å². The zero-order chi connectivity index (χ0) is 21.8. The molecular weight excluding hydrogens is 400 g/mol. The zero-order valence-corrected chi connectivity index (χ0v) is 17.0. The normalized spacial score (nSPS) is 13.8. The van der Waals surface area contributed by atoms with E-state index in [9.17, 15) is 14.7 Å². The van der Waals surface area contributed by atoms with Gasteiger partial charge in [-0.2, -0.15) is 0 Å². The molecule has 3 aromatic rings. The number of nitrogens with zero attached hydrogens (tertiary/aromatic N) is 2. The molecule has 0 unspecified atom stereocenters. The molecule has 160 valence electrons. The first kappa shape index (κ1) is 20.6. The fraction of sp³-hybridized carbons (Fsp3) is 0.261. The van der Waals surface area contributed by atoms with E-state index in [1.165, 1.54) is 6.92 Å². The lowest BCUT2D eigenvalue weighted by Gasteiger charge is -2.27. The van der Waals surface area contributed by atoms with Crippen LogP contribution in [0.15, 0.2) is 48.5 Å². The van der Waals surface area contributed by atoms with E-state index in [1.807, 2.05) is 30.3 Å². The molecular formula is C23H22N2O6. The fourth-order valence-electron chi connectivity index (χ4n) is 3.38. The molecule has 0 spiro atoms. The molecule has 31 heavy (non-hydrogen) atoms. The van der Waals surface area contributed by atoms with Gasteiger partial charge in [0.05, 0.1) is 18.9 Å². The second-order valence-corrected chi connectivity index (χ2v) is 7.06. The van der Waals surface area contributed by atoms with Gasteiger partial charge in [0.1, 0.15) is 18.1 Å². The second kappa shape index (κ2) is 9.01. The number of carbonyl (C=O) groups excluding carboxylic acids is 2. The van der Waals surface area contributed by atoms with Crippen molar-refractivity contribution < 1.29 is 28.9 Å². The molecule has 1 aliphatic rings. The van der Waals surface area contributed by atoms with Crippen LogP contribution in [0.4, 0.5) is 0 Å². The van der Waals surface area contributed by atoms with E-state index in [0.717, 1.165) is 0 Å². The molecule has 4 rings (SSSR count). The van der Waals surface area contributed by atoms with Crippen LogP contribution in [-0.2, 0) is 20.9 Å². The average molecular weight is 422 g/mol. The number of esters is 1. The summed E-state index contributed by atoms with van der Waals surface area (Å²) in [5.41, 5.74) is 0.284. The summed E-state index contributed by atoms with van der Waals surface area (Å²) in [4.78, 5) is 30.3. The Hall–Kier alpha value is -3.65. The summed E-state index contributed by atoms with van der Waals surface area (Å²) >= 11 is 0. The van der Waals surface area contributed by atoms with Crippen LogP contribution in [0, 0.1) is 0 Å². The Morgan fingerprint density at radius 3 is 2.52 bits per heavy atom. The topological polar surface area (TPSA) is 98.2 Å². The summed E-state index contributed by atoms with van der Waals surface area (Å²) < 4.78 is 16.3. The van der Waals surface area contributed by atoms with Crippen molar-refractivity contribution in [1.29, 1.82) is 0 Å². The molecule has 0 atom stereocenters. The van der Waals surface area contributed by atoms with Crippen LogP contribution in [0.5, 0.6) is 17.2 Å². The lowest BCUT2D eigenvalue weighted by molar-refractivity contribution is -0.142. The monoisotopic (exact) mass is 422 g/mol. The minimum Gasteiger partial charge on any atom is -0.505 e. The van der Waals surface area contributed by atoms with E-state index in [4.69, 9.17) is 14.2 Å². The highest BCUT2D eigenvalue weighted by Gasteiger charge is 2.25. The molecule has 2 aromatic carbocycles. The molecule has 1 saturated heterocycles. The summed E-state index contributed by atoms with van der Waals surface area (Å²) in [5.74, 6) is 0.0948. The summed E-state index contributed by atoms with van der Waals surface area (Å²) in [6.07, 6.45) is 0. The van der Waals surface area contributed by atoms with Gasteiger partial charge in [0.2, 0.25) is 0 Å². The van der Waals surface area contributed by atoms with Gasteiger partial charge in [-0.15, -0.1) is 0 Å². The number of ether oxygens (including phenoxy) is 3. The largest absolute Gasteiger partial charge is 0.505 e. The van der Waals surface area contributed by atoms with Crippen molar-refractivity contribution in [3.05, 3.63) is 59.9 Å². The van der Waals surface area contributed by atoms with E-state index in [1.54, 1.807) is 23.1 Å². The van der Waals surface area contributed by atoms with Gasteiger partial charge in [-0.05, 0) is 30.3 Å². The van der Waals surface area contributed by atoms with Crippen LogP contribution >= 0.6 is 0 Å². The summed E-state index contributed by atoms with van der Waals surface area (Å²) in [6, 6.07) is 14.3. The molecule has 1 aromatic heterocycles. The van der Waals surface area contributed by atoms with Crippen LogP contribution in [0.1, 0.15) is 23.1 Å². The van der Waals surface area contributed by atoms with Crippen molar-refractivity contribution in [3.63, 3.8) is 0 Å². The van der Waals surface area contributed by atoms with Gasteiger partial charge in [-0.1, -0.05) is 18.2 Å². The zero-order valence-electron chi connectivity index (χ0n) is 17.0. The van der Waals surface area contributed by atoms with E-state index >= 15 is 0 Å². The van der Waals surface area contributed by atoms with Crippen LogP contribution < -0.4 is 4.74 Å². The number of morpholine rings is 1. The van der Waals surface area contributed by atoms with Crippen LogP contribution in [0.25, 0.3) is 10.8 Å². The molecule has 1 aliphatic heterocycles. The first-order valence-electron chi connectivity index (χ1n) is 9.92. The lowest BCUT2D eigenvalue weighted by Crippen LogP contribution is -2.41. The number of rotatable bonds is 5. The fourth-order valence-corrected chi connectivity index (χ4v) is 3.38. The van der Waals surface area contributed by atoms with Crippen molar-refractivity contribution in [2.75, 3.05) is 26.3 Å². The predicted octanol–water partition coefficient (Wildman–Crippen LogP) is 3.27. The number of aromatic nitrogens is 1. The minimum atomic E-state index is -0.472. The van der Waals surface area contributed by atoms with Gasteiger partial charge < -0.3 is 24.2 Å². The quantitative estimate of drug-likeness (QED) is 0.630. The number of para-hydroxylation sites is 1. The third kappa shape index (κ3) is 4.59. The Morgan fingerprint density at radius 2 is 1.81 bits per heavy atom. The Labute approximate surface area is 179 Å². The van der Waals surface area contributed by atoms with E-state index < -0.39 is 11.9 Å². The number of amides is 1. The predicted molar refractivity (Wildman–Crippen MR) is 112 cm³/mol. The standard InChI is InChI=1S/C23H22N2O6/c1-15(26)30-14-20-19-13-17(31-16-5-3-2-4-6-16)7-8-18(19)22(27)21(24-20)23(28)25-9-11-29-12-10-25/h2-8,13,27H,9-12,14H2,1H3. The van der Waals surface area contributed by atoms with Gasteiger partial charge in [0.15, 0.2) is 11.4 Å². The molecule has 0 aliphatic carbocycles. The highest BCUT2D eigenvalue weighted by Crippen LogP contribution is 2.34. The first-order chi connectivity index (χ1) is 15.0. The average Bonchev–Trinajstić information content (AvgIpc) is 2.79. The van der Waals surface area contributed by atoms with Crippen LogP contribution in [-0.4, -0.2) is 53.2 Å². The van der Waals surface area contributed by atoms with Crippen molar-refractivity contribution in [2.45, 2.75) is 13.5 Å². The summed E-state index contributed by atoms with van der Waals surface area (Å²) in [7, 11) is 0. The third-order valence-electron chi connectivity index (χ3n) is 4.92.